The molecule has 0 atom stereocenters. The van der Waals surface area contributed by atoms with Gasteiger partial charge in [0.2, 0.25) is 5.91 Å². The summed E-state index contributed by atoms with van der Waals surface area (Å²) in [4.78, 5) is 30.3. The van der Waals surface area contributed by atoms with Gasteiger partial charge in [-0.25, -0.2) is 9.67 Å². The van der Waals surface area contributed by atoms with E-state index in [0.29, 0.717) is 28.2 Å². The fourth-order valence-corrected chi connectivity index (χ4v) is 3.36. The fourth-order valence-electron chi connectivity index (χ4n) is 3.36. The van der Waals surface area contributed by atoms with Gasteiger partial charge in [-0.05, 0) is 73.5 Å². The van der Waals surface area contributed by atoms with Crippen LogP contribution in [0.1, 0.15) is 11.1 Å². The van der Waals surface area contributed by atoms with Crippen LogP contribution in [0.25, 0.3) is 16.7 Å². The molecule has 30 heavy (non-hydrogen) atoms. The summed E-state index contributed by atoms with van der Waals surface area (Å²) in [5, 5.41) is 3.32. The highest BCUT2D eigenvalue weighted by molar-refractivity contribution is 5.91. The summed E-state index contributed by atoms with van der Waals surface area (Å²) in [6.45, 7) is 3.95. The quantitative estimate of drug-likeness (QED) is 0.555. The molecule has 7 heteroatoms. The second-order valence-corrected chi connectivity index (χ2v) is 7.09. The maximum absolute atomic E-state index is 13.1. The molecule has 0 fully saturated rings. The van der Waals surface area contributed by atoms with Gasteiger partial charge in [0.15, 0.2) is 5.65 Å². The standard InChI is InChI=1S/C23H22N4O3/c1-15-6-9-18(13-16(15)2)27-23(29)20-5-4-12-24-22(20)26(27)14-21(28)25-17-7-10-19(30-3)11-8-17/h4-13H,14H2,1-3H3,(H,25,28). The van der Waals surface area contributed by atoms with Crippen molar-refractivity contribution in [3.63, 3.8) is 0 Å². The molecule has 1 amide bonds. The van der Waals surface area contributed by atoms with Gasteiger partial charge in [0.1, 0.15) is 12.3 Å². The normalized spacial score (nSPS) is 10.9. The van der Waals surface area contributed by atoms with Crippen molar-refractivity contribution in [2.24, 2.45) is 0 Å². The van der Waals surface area contributed by atoms with Crippen LogP contribution in [0.3, 0.4) is 0 Å². The summed E-state index contributed by atoms with van der Waals surface area (Å²) in [5.41, 5.74) is 3.78. The molecule has 2 aromatic heterocycles. The number of pyridine rings is 1. The third kappa shape index (κ3) is 3.57. The average Bonchev–Trinajstić information content (AvgIpc) is 3.02. The Bertz CT molecular complexity index is 1290. The number of methoxy groups -OCH3 is 1. The second-order valence-electron chi connectivity index (χ2n) is 7.09. The number of benzene rings is 2. The first-order chi connectivity index (χ1) is 14.5. The fraction of sp³-hybridized carbons (Fsp3) is 0.174. The van der Waals surface area contributed by atoms with Crippen LogP contribution in [-0.4, -0.2) is 27.4 Å². The number of anilines is 1. The van der Waals surface area contributed by atoms with E-state index >= 15 is 0 Å². The summed E-state index contributed by atoms with van der Waals surface area (Å²) in [5.74, 6) is 0.442. The molecular weight excluding hydrogens is 380 g/mol. The number of hydrogen-bond acceptors (Lipinski definition) is 4. The monoisotopic (exact) mass is 402 g/mol. The van der Waals surface area contributed by atoms with E-state index in [0.717, 1.165) is 11.1 Å². The number of nitrogens with one attached hydrogen (secondary N) is 1. The molecule has 0 spiro atoms. The minimum absolute atomic E-state index is 0.0608. The first-order valence-electron chi connectivity index (χ1n) is 9.56. The SMILES string of the molecule is COc1ccc(NC(=O)Cn2c3ncccc3c(=O)n2-c2ccc(C)c(C)c2)cc1. The smallest absolute Gasteiger partial charge is 0.280 e. The Morgan fingerprint density at radius 1 is 1.07 bits per heavy atom. The van der Waals surface area contributed by atoms with Crippen molar-refractivity contribution in [3.8, 4) is 11.4 Å². The van der Waals surface area contributed by atoms with E-state index in [-0.39, 0.29) is 18.0 Å². The number of hydrogen-bond donors (Lipinski definition) is 1. The molecule has 152 valence electrons. The number of carbonyl (C=O) groups is 1. The Labute approximate surface area is 173 Å². The van der Waals surface area contributed by atoms with Crippen LogP contribution in [0.5, 0.6) is 5.75 Å². The van der Waals surface area contributed by atoms with E-state index in [1.807, 2.05) is 32.0 Å². The zero-order chi connectivity index (χ0) is 21.3. The molecule has 0 radical (unpaired) electrons. The van der Waals surface area contributed by atoms with Gasteiger partial charge in [-0.1, -0.05) is 6.07 Å². The molecule has 0 aliphatic heterocycles. The van der Waals surface area contributed by atoms with Gasteiger partial charge >= 0.3 is 0 Å². The van der Waals surface area contributed by atoms with Crippen LogP contribution in [-0.2, 0) is 11.3 Å². The minimum Gasteiger partial charge on any atom is -0.497 e. The molecule has 2 aromatic carbocycles. The molecule has 1 N–H and O–H groups in total. The number of ether oxygens (including phenoxy) is 1. The molecule has 2 heterocycles. The number of aryl methyl sites for hydroxylation is 2. The lowest BCUT2D eigenvalue weighted by atomic mass is 10.1. The van der Waals surface area contributed by atoms with Crippen molar-refractivity contribution in [3.05, 3.63) is 82.3 Å². The van der Waals surface area contributed by atoms with Crippen LogP contribution in [0.15, 0.2) is 65.6 Å². The molecule has 0 aliphatic rings. The zero-order valence-electron chi connectivity index (χ0n) is 17.0. The summed E-state index contributed by atoms with van der Waals surface area (Å²) >= 11 is 0. The highest BCUT2D eigenvalue weighted by Crippen LogP contribution is 2.18. The first-order valence-corrected chi connectivity index (χ1v) is 9.56. The molecule has 4 rings (SSSR count). The maximum Gasteiger partial charge on any atom is 0.280 e. The van der Waals surface area contributed by atoms with E-state index in [2.05, 4.69) is 10.3 Å². The largest absolute Gasteiger partial charge is 0.497 e. The third-order valence-electron chi connectivity index (χ3n) is 5.10. The highest BCUT2D eigenvalue weighted by Gasteiger charge is 2.18. The molecule has 4 aromatic rings. The molecule has 0 saturated heterocycles. The van der Waals surface area contributed by atoms with Crippen molar-refractivity contribution in [2.45, 2.75) is 20.4 Å². The Balaban J connectivity index is 1.74. The van der Waals surface area contributed by atoms with Gasteiger partial charge in [-0.3, -0.25) is 14.3 Å². The van der Waals surface area contributed by atoms with Crippen molar-refractivity contribution >= 4 is 22.6 Å². The lowest BCUT2D eigenvalue weighted by Gasteiger charge is -2.14. The van der Waals surface area contributed by atoms with Crippen LogP contribution in [0.4, 0.5) is 5.69 Å². The number of nitrogens with zero attached hydrogens (tertiary/aromatic N) is 3. The Morgan fingerprint density at radius 2 is 1.83 bits per heavy atom. The zero-order valence-corrected chi connectivity index (χ0v) is 17.0. The number of aromatic nitrogens is 3. The lowest BCUT2D eigenvalue weighted by molar-refractivity contribution is -0.116. The number of rotatable bonds is 5. The molecule has 0 unspecified atom stereocenters. The van der Waals surface area contributed by atoms with Crippen molar-refractivity contribution in [2.75, 3.05) is 12.4 Å². The minimum atomic E-state index is -0.264. The van der Waals surface area contributed by atoms with E-state index in [9.17, 15) is 9.59 Å². The van der Waals surface area contributed by atoms with E-state index in [1.165, 1.54) is 4.68 Å². The Hall–Kier alpha value is -3.87. The van der Waals surface area contributed by atoms with E-state index < -0.39 is 0 Å². The van der Waals surface area contributed by atoms with Crippen LogP contribution >= 0.6 is 0 Å². The van der Waals surface area contributed by atoms with Crippen molar-refractivity contribution in [1.82, 2.24) is 14.3 Å². The van der Waals surface area contributed by atoms with Crippen molar-refractivity contribution < 1.29 is 9.53 Å². The molecule has 0 bridgehead atoms. The summed E-state index contributed by atoms with van der Waals surface area (Å²) in [7, 11) is 1.59. The highest BCUT2D eigenvalue weighted by atomic mass is 16.5. The molecule has 0 aliphatic carbocycles. The summed E-state index contributed by atoms with van der Waals surface area (Å²) in [6.07, 6.45) is 1.62. The molecule has 7 nitrogen and oxygen atoms in total. The molecule has 0 saturated carbocycles. The third-order valence-corrected chi connectivity index (χ3v) is 5.10. The number of fused-ring (bicyclic) bond motifs is 1. The van der Waals surface area contributed by atoms with Gasteiger partial charge < -0.3 is 10.1 Å². The second kappa shape index (κ2) is 7.87. The van der Waals surface area contributed by atoms with Crippen LogP contribution in [0.2, 0.25) is 0 Å². The van der Waals surface area contributed by atoms with E-state index in [4.69, 9.17) is 4.74 Å². The van der Waals surface area contributed by atoms with Gasteiger partial charge in [0.25, 0.3) is 5.56 Å². The van der Waals surface area contributed by atoms with Gasteiger partial charge in [-0.2, -0.15) is 0 Å². The predicted octanol–water partition coefficient (Wildman–Crippen LogP) is 3.45. The Morgan fingerprint density at radius 3 is 2.53 bits per heavy atom. The maximum atomic E-state index is 13.1. The number of carbonyl (C=O) groups excluding carboxylic acids is 1. The first kappa shape index (κ1) is 19.4. The summed E-state index contributed by atoms with van der Waals surface area (Å²) < 4.78 is 8.26. The topological polar surface area (TPSA) is 78.2 Å². The van der Waals surface area contributed by atoms with Gasteiger partial charge in [0.05, 0.1) is 18.2 Å². The lowest BCUT2D eigenvalue weighted by Crippen LogP contribution is -2.27. The predicted molar refractivity (Wildman–Crippen MR) is 116 cm³/mol. The summed E-state index contributed by atoms with van der Waals surface area (Å²) in [6, 6.07) is 16.3. The van der Waals surface area contributed by atoms with Crippen LogP contribution in [0, 0.1) is 13.8 Å². The average molecular weight is 402 g/mol. The van der Waals surface area contributed by atoms with Crippen LogP contribution < -0.4 is 15.6 Å². The van der Waals surface area contributed by atoms with E-state index in [1.54, 1.807) is 54.4 Å². The van der Waals surface area contributed by atoms with Gasteiger partial charge in [0, 0.05) is 11.9 Å². The Kier molecular flexibility index (Phi) is 5.10. The number of amides is 1. The van der Waals surface area contributed by atoms with Gasteiger partial charge in [-0.15, -0.1) is 0 Å². The molecular formula is C23H22N4O3. The van der Waals surface area contributed by atoms with Crippen molar-refractivity contribution in [1.29, 1.82) is 0 Å².